The minimum absolute atomic E-state index is 0.0171. The van der Waals surface area contributed by atoms with Gasteiger partial charge in [0.25, 0.3) is 0 Å². The molecule has 2 saturated heterocycles. The van der Waals surface area contributed by atoms with E-state index in [-0.39, 0.29) is 24.1 Å². The van der Waals surface area contributed by atoms with Crippen LogP contribution in [0, 0.1) is 17.2 Å². The molecule has 130 valence electrons. The van der Waals surface area contributed by atoms with Gasteiger partial charge < -0.3 is 14.7 Å². The van der Waals surface area contributed by atoms with Crippen LogP contribution < -0.4 is 0 Å². The lowest BCUT2D eigenvalue weighted by Gasteiger charge is -2.42. The summed E-state index contributed by atoms with van der Waals surface area (Å²) in [6, 6.07) is 2.08. The van der Waals surface area contributed by atoms with E-state index in [9.17, 15) is 15.2 Å². The molecule has 1 N–H and O–H groups in total. The first-order chi connectivity index (χ1) is 11.0. The monoisotopic (exact) mass is 323 g/mol. The number of hydrogen-bond acceptors (Lipinski definition) is 5. The first kappa shape index (κ1) is 18.2. The number of aliphatic hydroxyl groups excluding tert-OH is 1. The number of likely N-dealkylation sites (tertiary alicyclic amines) is 1. The molecule has 2 rings (SSSR count). The summed E-state index contributed by atoms with van der Waals surface area (Å²) in [6.45, 7) is 7.90. The summed E-state index contributed by atoms with van der Waals surface area (Å²) >= 11 is 0. The lowest BCUT2D eigenvalue weighted by molar-refractivity contribution is -0.140. The molecule has 2 aliphatic heterocycles. The molecule has 0 bridgehead atoms. The van der Waals surface area contributed by atoms with Crippen molar-refractivity contribution in [1.29, 1.82) is 5.26 Å². The Kier molecular flexibility index (Phi) is 6.40. The number of amides is 1. The highest BCUT2D eigenvalue weighted by Crippen LogP contribution is 2.27. The second-order valence-electron chi connectivity index (χ2n) is 7.16. The SMILES string of the molecule is CC(C)(CC(C#N)C(=O)N1CCCC[C@@H]1CO)N1CCOCC1. The highest BCUT2D eigenvalue weighted by Gasteiger charge is 2.37. The molecule has 0 radical (unpaired) electrons. The molecule has 2 atom stereocenters. The smallest absolute Gasteiger partial charge is 0.240 e. The number of hydrogen-bond donors (Lipinski definition) is 1. The molecule has 2 fully saturated rings. The number of nitriles is 1. The second kappa shape index (κ2) is 8.09. The number of piperidine rings is 1. The van der Waals surface area contributed by atoms with Gasteiger partial charge in [-0.2, -0.15) is 5.26 Å². The minimum atomic E-state index is -0.653. The molecule has 6 heteroatoms. The summed E-state index contributed by atoms with van der Waals surface area (Å²) in [5.74, 6) is -0.771. The molecular weight excluding hydrogens is 294 g/mol. The summed E-state index contributed by atoms with van der Waals surface area (Å²) in [4.78, 5) is 16.8. The van der Waals surface area contributed by atoms with E-state index >= 15 is 0 Å². The molecule has 0 saturated carbocycles. The number of carbonyl (C=O) groups is 1. The summed E-state index contributed by atoms with van der Waals surface area (Å²) in [5, 5.41) is 19.0. The van der Waals surface area contributed by atoms with Crippen LogP contribution in [0.25, 0.3) is 0 Å². The van der Waals surface area contributed by atoms with E-state index in [4.69, 9.17) is 4.74 Å². The molecule has 1 amide bonds. The average Bonchev–Trinajstić information content (AvgIpc) is 2.59. The third-order valence-corrected chi connectivity index (χ3v) is 5.15. The van der Waals surface area contributed by atoms with Gasteiger partial charge in [-0.3, -0.25) is 9.69 Å². The van der Waals surface area contributed by atoms with Crippen molar-refractivity contribution in [1.82, 2.24) is 9.80 Å². The summed E-state index contributed by atoms with van der Waals surface area (Å²) in [6.07, 6.45) is 3.32. The van der Waals surface area contributed by atoms with Crippen LogP contribution in [0.2, 0.25) is 0 Å². The number of morpholine rings is 1. The van der Waals surface area contributed by atoms with Gasteiger partial charge in [-0.25, -0.2) is 0 Å². The van der Waals surface area contributed by atoms with E-state index in [0.717, 1.165) is 32.4 Å². The fourth-order valence-corrected chi connectivity index (χ4v) is 3.67. The maximum Gasteiger partial charge on any atom is 0.240 e. The molecule has 2 heterocycles. The summed E-state index contributed by atoms with van der Waals surface area (Å²) in [7, 11) is 0. The Labute approximate surface area is 139 Å². The number of ether oxygens (including phenoxy) is 1. The van der Waals surface area contributed by atoms with Gasteiger partial charge >= 0.3 is 0 Å². The van der Waals surface area contributed by atoms with E-state index in [1.54, 1.807) is 4.90 Å². The fraction of sp³-hybridized carbons (Fsp3) is 0.882. The lowest BCUT2D eigenvalue weighted by Crippen LogP contribution is -2.53. The number of rotatable bonds is 5. The Hall–Kier alpha value is -1.16. The van der Waals surface area contributed by atoms with Crippen LogP contribution in [0.15, 0.2) is 0 Å². The van der Waals surface area contributed by atoms with Crippen LogP contribution in [-0.2, 0) is 9.53 Å². The fourth-order valence-electron chi connectivity index (χ4n) is 3.67. The molecule has 6 nitrogen and oxygen atoms in total. The molecule has 23 heavy (non-hydrogen) atoms. The maximum atomic E-state index is 12.8. The Morgan fingerprint density at radius 1 is 1.35 bits per heavy atom. The van der Waals surface area contributed by atoms with Crippen molar-refractivity contribution in [3.05, 3.63) is 0 Å². The van der Waals surface area contributed by atoms with Gasteiger partial charge in [0.1, 0.15) is 5.92 Å². The van der Waals surface area contributed by atoms with Gasteiger partial charge in [0.05, 0.1) is 31.9 Å². The van der Waals surface area contributed by atoms with Gasteiger partial charge in [0, 0.05) is 25.2 Å². The van der Waals surface area contributed by atoms with Gasteiger partial charge in [0.15, 0.2) is 0 Å². The quantitative estimate of drug-likeness (QED) is 0.817. The molecule has 0 aliphatic carbocycles. The number of carbonyl (C=O) groups excluding carboxylic acids is 1. The standard InChI is InChI=1S/C17H29N3O3/c1-17(2,19-7-9-23-10-8-19)11-14(12-18)16(22)20-6-4-3-5-15(20)13-21/h14-15,21H,3-11,13H2,1-2H3/t14?,15-/m1/s1. The van der Waals surface area contributed by atoms with Crippen LogP contribution >= 0.6 is 0 Å². The Morgan fingerprint density at radius 2 is 2.04 bits per heavy atom. The van der Waals surface area contributed by atoms with Gasteiger partial charge in [0.2, 0.25) is 5.91 Å². The van der Waals surface area contributed by atoms with Crippen molar-refractivity contribution < 1.29 is 14.6 Å². The van der Waals surface area contributed by atoms with Crippen molar-refractivity contribution in [2.45, 2.75) is 51.1 Å². The van der Waals surface area contributed by atoms with Crippen molar-refractivity contribution in [3.63, 3.8) is 0 Å². The third-order valence-electron chi connectivity index (χ3n) is 5.15. The molecule has 0 spiro atoms. The zero-order valence-electron chi connectivity index (χ0n) is 14.3. The van der Waals surface area contributed by atoms with E-state index in [2.05, 4.69) is 24.8 Å². The van der Waals surface area contributed by atoms with Gasteiger partial charge in [-0.05, 0) is 39.5 Å². The van der Waals surface area contributed by atoms with E-state index < -0.39 is 5.92 Å². The first-order valence-electron chi connectivity index (χ1n) is 8.63. The van der Waals surface area contributed by atoms with Gasteiger partial charge in [-0.15, -0.1) is 0 Å². The van der Waals surface area contributed by atoms with Crippen LogP contribution in [0.4, 0.5) is 0 Å². The van der Waals surface area contributed by atoms with Crippen LogP contribution in [0.3, 0.4) is 0 Å². The van der Waals surface area contributed by atoms with E-state index in [0.29, 0.717) is 26.2 Å². The molecule has 0 aromatic heterocycles. The van der Waals surface area contributed by atoms with Crippen LogP contribution in [0.5, 0.6) is 0 Å². The van der Waals surface area contributed by atoms with Crippen molar-refractivity contribution >= 4 is 5.91 Å². The van der Waals surface area contributed by atoms with Crippen LogP contribution in [-0.4, -0.2) is 71.8 Å². The molecular formula is C17H29N3O3. The number of nitrogens with zero attached hydrogens (tertiary/aromatic N) is 3. The molecule has 0 aromatic carbocycles. The average molecular weight is 323 g/mol. The largest absolute Gasteiger partial charge is 0.394 e. The highest BCUT2D eigenvalue weighted by molar-refractivity contribution is 5.81. The zero-order valence-corrected chi connectivity index (χ0v) is 14.3. The minimum Gasteiger partial charge on any atom is -0.394 e. The van der Waals surface area contributed by atoms with E-state index in [1.165, 1.54) is 0 Å². The predicted molar refractivity (Wildman–Crippen MR) is 86.6 cm³/mol. The summed E-state index contributed by atoms with van der Waals surface area (Å²) in [5.41, 5.74) is -0.218. The van der Waals surface area contributed by atoms with Crippen molar-refractivity contribution in [3.8, 4) is 6.07 Å². The summed E-state index contributed by atoms with van der Waals surface area (Å²) < 4.78 is 5.39. The Bertz CT molecular complexity index is 441. The molecule has 2 aliphatic rings. The van der Waals surface area contributed by atoms with Gasteiger partial charge in [-0.1, -0.05) is 0 Å². The lowest BCUT2D eigenvalue weighted by atomic mass is 9.87. The normalized spacial score (nSPS) is 25.0. The van der Waals surface area contributed by atoms with E-state index in [1.807, 2.05) is 0 Å². The predicted octanol–water partition coefficient (Wildman–Crippen LogP) is 1.00. The highest BCUT2D eigenvalue weighted by atomic mass is 16.5. The first-order valence-corrected chi connectivity index (χ1v) is 8.63. The topological polar surface area (TPSA) is 76.8 Å². The molecule has 0 aromatic rings. The maximum absolute atomic E-state index is 12.8. The Balaban J connectivity index is 2.03. The number of aliphatic hydroxyl groups is 1. The second-order valence-corrected chi connectivity index (χ2v) is 7.16. The molecule has 1 unspecified atom stereocenters. The zero-order chi connectivity index (χ0) is 16.9. The third kappa shape index (κ3) is 4.43. The van der Waals surface area contributed by atoms with Crippen molar-refractivity contribution in [2.75, 3.05) is 39.5 Å². The van der Waals surface area contributed by atoms with Crippen molar-refractivity contribution in [2.24, 2.45) is 5.92 Å². The van der Waals surface area contributed by atoms with Crippen LogP contribution in [0.1, 0.15) is 39.5 Å². The Morgan fingerprint density at radius 3 is 2.65 bits per heavy atom.